The Morgan fingerprint density at radius 1 is 1.26 bits per heavy atom. The fourth-order valence-corrected chi connectivity index (χ4v) is 3.00. The molecule has 7 heteroatoms. The lowest BCUT2D eigenvalue weighted by Gasteiger charge is -2.22. The SMILES string of the molecule is O=[N+]([O-])c1ccc2c(c1)OCC1CN(c3ccc(Cl)cc3)N=C21. The van der Waals surface area contributed by atoms with Gasteiger partial charge in [0.15, 0.2) is 0 Å². The molecule has 2 aromatic carbocycles. The summed E-state index contributed by atoms with van der Waals surface area (Å²) in [7, 11) is 0. The van der Waals surface area contributed by atoms with Crippen molar-refractivity contribution >= 4 is 28.7 Å². The molecule has 1 unspecified atom stereocenters. The Morgan fingerprint density at radius 2 is 2.04 bits per heavy atom. The number of halogens is 1. The summed E-state index contributed by atoms with van der Waals surface area (Å²) in [6.45, 7) is 1.19. The van der Waals surface area contributed by atoms with Crippen LogP contribution in [0.3, 0.4) is 0 Å². The average molecular weight is 330 g/mol. The van der Waals surface area contributed by atoms with Gasteiger partial charge in [-0.3, -0.25) is 15.1 Å². The number of nitro benzene ring substituents is 1. The fourth-order valence-electron chi connectivity index (χ4n) is 2.88. The zero-order chi connectivity index (χ0) is 16.0. The molecule has 0 saturated heterocycles. The molecule has 23 heavy (non-hydrogen) atoms. The Labute approximate surface area is 137 Å². The number of nitro groups is 1. The molecule has 2 aliphatic heterocycles. The third kappa shape index (κ3) is 2.41. The van der Waals surface area contributed by atoms with Crippen molar-refractivity contribution in [3.63, 3.8) is 0 Å². The quantitative estimate of drug-likeness (QED) is 0.625. The zero-order valence-electron chi connectivity index (χ0n) is 12.0. The van der Waals surface area contributed by atoms with E-state index in [1.807, 2.05) is 29.3 Å². The van der Waals surface area contributed by atoms with Gasteiger partial charge in [0.05, 0.1) is 41.5 Å². The monoisotopic (exact) mass is 329 g/mol. The van der Waals surface area contributed by atoms with Gasteiger partial charge in [-0.2, -0.15) is 5.10 Å². The van der Waals surface area contributed by atoms with E-state index >= 15 is 0 Å². The summed E-state index contributed by atoms with van der Waals surface area (Å²) in [4.78, 5) is 10.5. The standard InChI is InChI=1S/C16H12ClN3O3/c17-11-1-3-12(4-2-11)19-8-10-9-23-15-7-13(20(21)22)5-6-14(15)16(10)18-19/h1-7,10H,8-9H2. The first-order chi connectivity index (χ1) is 11.1. The second kappa shape index (κ2) is 5.24. The molecule has 0 aliphatic carbocycles. The van der Waals surface area contributed by atoms with E-state index in [1.165, 1.54) is 12.1 Å². The Bertz CT molecular complexity index is 820. The van der Waals surface area contributed by atoms with Crippen LogP contribution >= 0.6 is 11.6 Å². The Balaban J connectivity index is 1.70. The zero-order valence-corrected chi connectivity index (χ0v) is 12.7. The molecule has 4 rings (SSSR count). The van der Waals surface area contributed by atoms with Gasteiger partial charge in [0.2, 0.25) is 0 Å². The first kappa shape index (κ1) is 14.0. The molecule has 0 amide bonds. The van der Waals surface area contributed by atoms with E-state index in [0.717, 1.165) is 17.0 Å². The summed E-state index contributed by atoms with van der Waals surface area (Å²) in [5.74, 6) is 0.673. The number of ether oxygens (including phenoxy) is 1. The van der Waals surface area contributed by atoms with Gasteiger partial charge >= 0.3 is 0 Å². The summed E-state index contributed by atoms with van der Waals surface area (Å²) in [6.07, 6.45) is 0. The first-order valence-electron chi connectivity index (χ1n) is 7.15. The highest BCUT2D eigenvalue weighted by atomic mass is 35.5. The van der Waals surface area contributed by atoms with Crippen LogP contribution < -0.4 is 9.75 Å². The molecule has 0 radical (unpaired) electrons. The molecule has 0 fully saturated rings. The van der Waals surface area contributed by atoms with Gasteiger partial charge in [-0.1, -0.05) is 11.6 Å². The minimum absolute atomic E-state index is 0.0235. The van der Waals surface area contributed by atoms with Crippen LogP contribution in [0.5, 0.6) is 5.75 Å². The summed E-state index contributed by atoms with van der Waals surface area (Å²) < 4.78 is 5.70. The van der Waals surface area contributed by atoms with Crippen LogP contribution in [0.1, 0.15) is 5.56 Å². The number of hydrogen-bond acceptors (Lipinski definition) is 5. The lowest BCUT2D eigenvalue weighted by Crippen LogP contribution is -2.29. The van der Waals surface area contributed by atoms with E-state index in [2.05, 4.69) is 5.10 Å². The molecule has 1 atom stereocenters. The van der Waals surface area contributed by atoms with Crippen LogP contribution in [0.25, 0.3) is 0 Å². The minimum Gasteiger partial charge on any atom is -0.492 e. The van der Waals surface area contributed by atoms with Gasteiger partial charge in [0.25, 0.3) is 5.69 Å². The van der Waals surface area contributed by atoms with Crippen molar-refractivity contribution in [2.75, 3.05) is 18.2 Å². The number of nitrogens with zero attached hydrogens (tertiary/aromatic N) is 3. The van der Waals surface area contributed by atoms with E-state index in [-0.39, 0.29) is 11.6 Å². The predicted octanol–water partition coefficient (Wildman–Crippen LogP) is 3.48. The minimum atomic E-state index is -0.424. The largest absolute Gasteiger partial charge is 0.492 e. The molecule has 0 spiro atoms. The predicted molar refractivity (Wildman–Crippen MR) is 87.4 cm³/mol. The van der Waals surface area contributed by atoms with Crippen LogP contribution in [0.15, 0.2) is 47.6 Å². The van der Waals surface area contributed by atoms with E-state index in [9.17, 15) is 10.1 Å². The molecule has 0 N–H and O–H groups in total. The van der Waals surface area contributed by atoms with Gasteiger partial charge in [-0.15, -0.1) is 0 Å². The second-order valence-electron chi connectivity index (χ2n) is 5.49. The summed E-state index contributed by atoms with van der Waals surface area (Å²) >= 11 is 5.92. The van der Waals surface area contributed by atoms with Gasteiger partial charge in [0.1, 0.15) is 5.75 Å². The van der Waals surface area contributed by atoms with Gasteiger partial charge < -0.3 is 4.74 Å². The lowest BCUT2D eigenvalue weighted by molar-refractivity contribution is -0.384. The van der Waals surface area contributed by atoms with Crippen molar-refractivity contribution in [1.82, 2.24) is 0 Å². The van der Waals surface area contributed by atoms with E-state index < -0.39 is 4.92 Å². The number of hydrazone groups is 1. The number of hydrogen-bond donors (Lipinski definition) is 0. The van der Waals surface area contributed by atoms with Crippen molar-refractivity contribution in [1.29, 1.82) is 0 Å². The number of benzene rings is 2. The Morgan fingerprint density at radius 3 is 2.78 bits per heavy atom. The molecule has 6 nitrogen and oxygen atoms in total. The van der Waals surface area contributed by atoms with Crippen LogP contribution in [0, 0.1) is 16.0 Å². The highest BCUT2D eigenvalue weighted by molar-refractivity contribution is 6.30. The van der Waals surface area contributed by atoms with Gasteiger partial charge in [0, 0.05) is 16.7 Å². The molecule has 2 aliphatic rings. The summed E-state index contributed by atoms with van der Waals surface area (Å²) in [6, 6.07) is 12.1. The molecule has 0 aromatic heterocycles. The van der Waals surface area contributed by atoms with Crippen LogP contribution in [-0.4, -0.2) is 23.8 Å². The smallest absolute Gasteiger partial charge is 0.273 e. The molecular weight excluding hydrogens is 318 g/mol. The maximum atomic E-state index is 10.9. The third-order valence-corrected chi connectivity index (χ3v) is 4.28. The van der Waals surface area contributed by atoms with E-state index in [1.54, 1.807) is 6.07 Å². The molecule has 2 heterocycles. The Kier molecular flexibility index (Phi) is 3.20. The van der Waals surface area contributed by atoms with Crippen molar-refractivity contribution in [2.45, 2.75) is 0 Å². The van der Waals surface area contributed by atoms with Crippen LogP contribution in [0.2, 0.25) is 5.02 Å². The number of fused-ring (bicyclic) bond motifs is 3. The summed E-state index contributed by atoms with van der Waals surface area (Å²) in [5, 5.41) is 18.2. The normalized spacial score (nSPS) is 18.7. The highest BCUT2D eigenvalue weighted by Gasteiger charge is 2.34. The van der Waals surface area contributed by atoms with Gasteiger partial charge in [-0.05, 0) is 30.3 Å². The molecule has 116 valence electrons. The van der Waals surface area contributed by atoms with Crippen molar-refractivity contribution in [3.8, 4) is 5.75 Å². The Hall–Kier alpha value is -2.60. The van der Waals surface area contributed by atoms with Crippen molar-refractivity contribution < 1.29 is 9.66 Å². The fraction of sp³-hybridized carbons (Fsp3) is 0.188. The number of anilines is 1. The summed E-state index contributed by atoms with van der Waals surface area (Å²) in [5.41, 5.74) is 2.72. The second-order valence-corrected chi connectivity index (χ2v) is 5.93. The third-order valence-electron chi connectivity index (χ3n) is 4.03. The first-order valence-corrected chi connectivity index (χ1v) is 7.53. The average Bonchev–Trinajstić information content (AvgIpc) is 2.99. The van der Waals surface area contributed by atoms with Crippen LogP contribution in [-0.2, 0) is 0 Å². The molecule has 2 aromatic rings. The van der Waals surface area contributed by atoms with E-state index in [4.69, 9.17) is 16.3 Å². The molecule has 0 bridgehead atoms. The number of rotatable bonds is 2. The molecular formula is C16H12ClN3O3. The lowest BCUT2D eigenvalue weighted by atomic mass is 9.95. The van der Waals surface area contributed by atoms with Crippen molar-refractivity contribution in [2.24, 2.45) is 11.0 Å². The maximum absolute atomic E-state index is 10.9. The topological polar surface area (TPSA) is 68.0 Å². The maximum Gasteiger partial charge on any atom is 0.273 e. The molecule has 0 saturated carbocycles. The van der Waals surface area contributed by atoms with Crippen LogP contribution in [0.4, 0.5) is 11.4 Å². The van der Waals surface area contributed by atoms with Gasteiger partial charge in [-0.25, -0.2) is 0 Å². The van der Waals surface area contributed by atoms with Crippen molar-refractivity contribution in [3.05, 3.63) is 63.2 Å². The highest BCUT2D eigenvalue weighted by Crippen LogP contribution is 2.35. The number of non-ortho nitro benzene ring substituents is 1. The van der Waals surface area contributed by atoms with E-state index in [0.29, 0.717) is 23.9 Å².